The van der Waals surface area contributed by atoms with Crippen molar-refractivity contribution in [2.24, 2.45) is 0 Å². The molecule has 2 heterocycles. The zero-order valence-corrected chi connectivity index (χ0v) is 13.6. The van der Waals surface area contributed by atoms with Crippen LogP contribution in [0.15, 0.2) is 22.0 Å². The lowest BCUT2D eigenvalue weighted by Gasteiger charge is -2.19. The molecule has 1 N–H and O–H groups in total. The summed E-state index contributed by atoms with van der Waals surface area (Å²) in [5.41, 5.74) is 0. The third-order valence-electron chi connectivity index (χ3n) is 2.63. The van der Waals surface area contributed by atoms with E-state index in [9.17, 15) is 13.2 Å². The molecular weight excluding hydrogens is 369 g/mol. The summed E-state index contributed by atoms with van der Waals surface area (Å²) in [5, 5.41) is 4.54. The van der Waals surface area contributed by atoms with Gasteiger partial charge in [0.1, 0.15) is 11.6 Å². The van der Waals surface area contributed by atoms with Gasteiger partial charge in [-0.1, -0.05) is 0 Å². The number of hydrogen-bond acceptors (Lipinski definition) is 5. The van der Waals surface area contributed by atoms with Gasteiger partial charge < -0.3 is 10.2 Å². The Morgan fingerprint density at radius 2 is 2.05 bits per heavy atom. The quantitative estimate of drug-likeness (QED) is 0.870. The van der Waals surface area contributed by atoms with Crippen LogP contribution in [-0.2, 0) is 12.7 Å². The van der Waals surface area contributed by atoms with E-state index in [-0.39, 0.29) is 11.6 Å². The highest BCUT2D eigenvalue weighted by Crippen LogP contribution is 2.29. The molecular formula is C12H12BrF3N4S. The van der Waals surface area contributed by atoms with E-state index in [1.165, 1.54) is 24.5 Å². The Morgan fingerprint density at radius 3 is 2.57 bits per heavy atom. The molecule has 4 nitrogen and oxygen atoms in total. The van der Waals surface area contributed by atoms with Crippen LogP contribution >= 0.6 is 27.3 Å². The molecule has 0 aliphatic carbocycles. The van der Waals surface area contributed by atoms with Crippen LogP contribution in [0.4, 0.5) is 24.8 Å². The molecule has 0 aliphatic rings. The van der Waals surface area contributed by atoms with E-state index in [4.69, 9.17) is 0 Å². The van der Waals surface area contributed by atoms with E-state index in [0.29, 0.717) is 6.54 Å². The summed E-state index contributed by atoms with van der Waals surface area (Å²) in [5.74, 6) is -0.804. The normalized spacial score (nSPS) is 11.5. The molecule has 2 rings (SSSR count). The summed E-state index contributed by atoms with van der Waals surface area (Å²) < 4.78 is 39.4. The summed E-state index contributed by atoms with van der Waals surface area (Å²) in [7, 11) is 3.21. The van der Waals surface area contributed by atoms with Crippen molar-refractivity contribution in [2.45, 2.75) is 12.7 Å². The molecule has 9 heteroatoms. The largest absolute Gasteiger partial charge is 0.451 e. The Kier molecular flexibility index (Phi) is 4.72. The maximum Gasteiger partial charge on any atom is 0.451 e. The molecule has 114 valence electrons. The lowest BCUT2D eigenvalue weighted by atomic mass is 10.4. The molecule has 0 unspecified atom stereocenters. The fraction of sp³-hybridized carbons (Fsp3) is 0.333. The van der Waals surface area contributed by atoms with Gasteiger partial charge in [0.15, 0.2) is 0 Å². The van der Waals surface area contributed by atoms with Crippen molar-refractivity contribution < 1.29 is 13.2 Å². The first kappa shape index (κ1) is 16.0. The van der Waals surface area contributed by atoms with Crippen LogP contribution < -0.4 is 10.2 Å². The molecule has 21 heavy (non-hydrogen) atoms. The number of halogens is 4. The zero-order chi connectivity index (χ0) is 15.6. The van der Waals surface area contributed by atoms with Crippen LogP contribution in [0.3, 0.4) is 0 Å². The van der Waals surface area contributed by atoms with Crippen LogP contribution in [0, 0.1) is 0 Å². The third-order valence-corrected chi connectivity index (χ3v) is 4.31. The topological polar surface area (TPSA) is 41.0 Å². The van der Waals surface area contributed by atoms with Gasteiger partial charge in [0.05, 0.1) is 6.54 Å². The molecule has 0 aromatic carbocycles. The van der Waals surface area contributed by atoms with E-state index in [2.05, 4.69) is 31.2 Å². The SMILES string of the molecule is CNc1cc(N(C)Cc2cc(Br)cs2)nc(C(F)(F)F)n1. The summed E-state index contributed by atoms with van der Waals surface area (Å²) in [6.45, 7) is 0.466. The fourth-order valence-corrected chi connectivity index (χ4v) is 3.14. The Hall–Kier alpha value is -1.35. The highest BCUT2D eigenvalue weighted by atomic mass is 79.9. The number of rotatable bonds is 4. The maximum absolute atomic E-state index is 12.8. The number of aromatic nitrogens is 2. The molecule has 0 atom stereocenters. The molecule has 0 bridgehead atoms. The average Bonchev–Trinajstić information content (AvgIpc) is 2.82. The minimum atomic E-state index is -4.57. The molecule has 0 amide bonds. The van der Waals surface area contributed by atoms with Gasteiger partial charge in [-0.25, -0.2) is 9.97 Å². The van der Waals surface area contributed by atoms with Crippen molar-refractivity contribution in [3.63, 3.8) is 0 Å². The first-order valence-electron chi connectivity index (χ1n) is 5.87. The predicted molar refractivity (Wildman–Crippen MR) is 80.7 cm³/mol. The molecule has 2 aromatic heterocycles. The van der Waals surface area contributed by atoms with Crippen molar-refractivity contribution in [3.8, 4) is 0 Å². The first-order chi connectivity index (χ1) is 9.79. The van der Waals surface area contributed by atoms with Crippen molar-refractivity contribution in [1.29, 1.82) is 0 Å². The highest BCUT2D eigenvalue weighted by molar-refractivity contribution is 9.10. The Labute approximate surface area is 132 Å². The first-order valence-corrected chi connectivity index (χ1v) is 7.55. The van der Waals surface area contributed by atoms with Crippen LogP contribution in [0.25, 0.3) is 0 Å². The predicted octanol–water partition coefficient (Wildman–Crippen LogP) is 4.00. The number of nitrogens with zero attached hydrogens (tertiary/aromatic N) is 3. The van der Waals surface area contributed by atoms with Gasteiger partial charge in [0, 0.05) is 34.9 Å². The number of alkyl halides is 3. The standard InChI is InChI=1S/C12H12BrF3N4S/c1-17-9-4-10(19-11(18-9)12(14,15)16)20(2)5-8-3-7(13)6-21-8/h3-4,6H,5H2,1-2H3,(H,17,18,19). The van der Waals surface area contributed by atoms with Crippen LogP contribution in [-0.4, -0.2) is 24.1 Å². The molecule has 0 radical (unpaired) electrons. The summed E-state index contributed by atoms with van der Waals surface area (Å²) in [6.07, 6.45) is -4.57. The number of anilines is 2. The molecule has 2 aromatic rings. The van der Waals surface area contributed by atoms with E-state index in [0.717, 1.165) is 9.35 Å². The summed E-state index contributed by atoms with van der Waals surface area (Å²) >= 11 is 4.87. The van der Waals surface area contributed by atoms with Gasteiger partial charge in [-0.05, 0) is 22.0 Å². The van der Waals surface area contributed by atoms with Crippen molar-refractivity contribution in [1.82, 2.24) is 9.97 Å². The van der Waals surface area contributed by atoms with Gasteiger partial charge in [0.2, 0.25) is 5.82 Å². The zero-order valence-electron chi connectivity index (χ0n) is 11.2. The van der Waals surface area contributed by atoms with E-state index < -0.39 is 12.0 Å². The number of hydrogen-bond donors (Lipinski definition) is 1. The van der Waals surface area contributed by atoms with E-state index >= 15 is 0 Å². The number of nitrogens with one attached hydrogen (secondary N) is 1. The van der Waals surface area contributed by atoms with Gasteiger partial charge in [-0.3, -0.25) is 0 Å². The van der Waals surface area contributed by atoms with E-state index in [1.54, 1.807) is 11.9 Å². The summed E-state index contributed by atoms with van der Waals surface area (Å²) in [6, 6.07) is 3.41. The molecule has 0 saturated carbocycles. The minimum absolute atomic E-state index is 0.131. The van der Waals surface area contributed by atoms with Crippen molar-refractivity contribution in [2.75, 3.05) is 24.3 Å². The minimum Gasteiger partial charge on any atom is -0.373 e. The Morgan fingerprint density at radius 1 is 1.33 bits per heavy atom. The second kappa shape index (κ2) is 6.18. The van der Waals surface area contributed by atoms with Crippen molar-refractivity contribution >= 4 is 38.9 Å². The second-order valence-electron chi connectivity index (χ2n) is 4.27. The third kappa shape index (κ3) is 4.07. The monoisotopic (exact) mass is 380 g/mol. The lowest BCUT2D eigenvalue weighted by molar-refractivity contribution is -0.144. The van der Waals surface area contributed by atoms with Crippen molar-refractivity contribution in [3.05, 3.63) is 32.7 Å². The molecule has 0 spiro atoms. The van der Waals surface area contributed by atoms with Crippen LogP contribution in [0.1, 0.15) is 10.7 Å². The Balaban J connectivity index is 2.29. The number of thiophene rings is 1. The average molecular weight is 381 g/mol. The van der Waals surface area contributed by atoms with Gasteiger partial charge >= 0.3 is 6.18 Å². The highest BCUT2D eigenvalue weighted by Gasteiger charge is 2.35. The second-order valence-corrected chi connectivity index (χ2v) is 6.18. The molecule has 0 saturated heterocycles. The van der Waals surface area contributed by atoms with Crippen LogP contribution in [0.5, 0.6) is 0 Å². The molecule has 0 aliphatic heterocycles. The van der Waals surface area contributed by atoms with Crippen LogP contribution in [0.2, 0.25) is 0 Å². The smallest absolute Gasteiger partial charge is 0.373 e. The maximum atomic E-state index is 12.8. The van der Waals surface area contributed by atoms with Gasteiger partial charge in [-0.2, -0.15) is 13.2 Å². The fourth-order valence-electron chi connectivity index (χ4n) is 1.64. The molecule has 0 fully saturated rings. The lowest BCUT2D eigenvalue weighted by Crippen LogP contribution is -2.21. The Bertz CT molecular complexity index is 629. The summed E-state index contributed by atoms with van der Waals surface area (Å²) in [4.78, 5) is 9.70. The van der Waals surface area contributed by atoms with Gasteiger partial charge in [-0.15, -0.1) is 11.3 Å². The van der Waals surface area contributed by atoms with Gasteiger partial charge in [0.25, 0.3) is 0 Å². The van der Waals surface area contributed by atoms with E-state index in [1.807, 2.05) is 11.4 Å².